The molecule has 1 unspecified atom stereocenters. The maximum atomic E-state index is 5.46. The molecule has 0 saturated carbocycles. The summed E-state index contributed by atoms with van der Waals surface area (Å²) in [7, 11) is 0. The highest BCUT2D eigenvalue weighted by molar-refractivity contribution is 5.16. The summed E-state index contributed by atoms with van der Waals surface area (Å²) in [4.78, 5) is 2.65. The van der Waals surface area contributed by atoms with Gasteiger partial charge in [0.1, 0.15) is 0 Å². The van der Waals surface area contributed by atoms with Gasteiger partial charge in [-0.05, 0) is 30.7 Å². The molecule has 3 nitrogen and oxygen atoms in total. The van der Waals surface area contributed by atoms with Crippen molar-refractivity contribution >= 4 is 0 Å². The fourth-order valence-electron chi connectivity index (χ4n) is 3.39. The quantitative estimate of drug-likeness (QED) is 0.908. The van der Waals surface area contributed by atoms with E-state index in [2.05, 4.69) is 40.5 Å². The average molecular weight is 274 g/mol. The van der Waals surface area contributed by atoms with Crippen molar-refractivity contribution < 1.29 is 4.74 Å². The molecule has 1 aromatic carbocycles. The molecule has 1 N–H and O–H groups in total. The predicted molar refractivity (Wildman–Crippen MR) is 81.9 cm³/mol. The van der Waals surface area contributed by atoms with E-state index in [1.165, 1.54) is 38.0 Å². The lowest BCUT2D eigenvalue weighted by molar-refractivity contribution is 0.0480. The number of rotatable bonds is 4. The van der Waals surface area contributed by atoms with Gasteiger partial charge in [-0.2, -0.15) is 0 Å². The van der Waals surface area contributed by atoms with E-state index in [0.29, 0.717) is 6.04 Å². The zero-order valence-corrected chi connectivity index (χ0v) is 12.3. The minimum absolute atomic E-state index is 0.603. The molecule has 0 aliphatic carbocycles. The monoisotopic (exact) mass is 274 g/mol. The third-order valence-electron chi connectivity index (χ3n) is 4.52. The Kier molecular flexibility index (Phi) is 5.06. The van der Waals surface area contributed by atoms with Crippen LogP contribution in [0.2, 0.25) is 0 Å². The fraction of sp³-hybridized carbons (Fsp3) is 0.647. The molecule has 2 fully saturated rings. The number of ether oxygens (including phenoxy) is 1. The second-order valence-corrected chi connectivity index (χ2v) is 6.16. The van der Waals surface area contributed by atoms with Gasteiger partial charge in [0.25, 0.3) is 0 Å². The van der Waals surface area contributed by atoms with Crippen LogP contribution in [0.25, 0.3) is 0 Å². The Morgan fingerprint density at radius 1 is 1.15 bits per heavy atom. The summed E-state index contributed by atoms with van der Waals surface area (Å²) in [5.74, 6) is 0.847. The van der Waals surface area contributed by atoms with Crippen LogP contribution in [0.15, 0.2) is 30.3 Å². The summed E-state index contributed by atoms with van der Waals surface area (Å²) in [6.45, 7) is 6.69. The van der Waals surface area contributed by atoms with Crippen LogP contribution in [-0.4, -0.2) is 50.3 Å². The smallest absolute Gasteiger partial charge is 0.0469 e. The van der Waals surface area contributed by atoms with Crippen LogP contribution in [-0.2, 0) is 11.2 Å². The molecule has 2 heterocycles. The Hall–Kier alpha value is -0.900. The molecule has 0 radical (unpaired) electrons. The van der Waals surface area contributed by atoms with E-state index in [1.54, 1.807) is 0 Å². The first-order chi connectivity index (χ1) is 9.90. The van der Waals surface area contributed by atoms with Gasteiger partial charge in [-0.1, -0.05) is 30.3 Å². The molecule has 20 heavy (non-hydrogen) atoms. The summed E-state index contributed by atoms with van der Waals surface area (Å²) < 4.78 is 5.46. The van der Waals surface area contributed by atoms with Gasteiger partial charge in [-0.25, -0.2) is 0 Å². The largest absolute Gasteiger partial charge is 0.381 e. The van der Waals surface area contributed by atoms with Crippen molar-refractivity contribution in [2.45, 2.75) is 25.3 Å². The Bertz CT molecular complexity index is 389. The number of hydrogen-bond donors (Lipinski definition) is 1. The number of piperazine rings is 1. The first-order valence-corrected chi connectivity index (χ1v) is 7.97. The Morgan fingerprint density at radius 3 is 2.75 bits per heavy atom. The standard InChI is InChI=1S/C17H26N2O/c1-2-4-15(5-3-1)12-17-14-19(9-8-18-17)13-16-6-10-20-11-7-16/h1-5,16-18H,6-14H2. The minimum Gasteiger partial charge on any atom is -0.381 e. The van der Waals surface area contributed by atoms with Gasteiger partial charge >= 0.3 is 0 Å². The Morgan fingerprint density at radius 2 is 1.95 bits per heavy atom. The number of nitrogens with one attached hydrogen (secondary N) is 1. The zero-order chi connectivity index (χ0) is 13.6. The van der Waals surface area contributed by atoms with E-state index in [-0.39, 0.29) is 0 Å². The van der Waals surface area contributed by atoms with Crippen molar-refractivity contribution in [1.29, 1.82) is 0 Å². The average Bonchev–Trinajstić information content (AvgIpc) is 2.50. The SMILES string of the molecule is c1ccc(CC2CN(CC3CCOCC3)CCN2)cc1. The topological polar surface area (TPSA) is 24.5 Å². The molecular formula is C17H26N2O. The van der Waals surface area contributed by atoms with E-state index in [4.69, 9.17) is 4.74 Å². The molecule has 0 amide bonds. The van der Waals surface area contributed by atoms with Crippen molar-refractivity contribution in [2.24, 2.45) is 5.92 Å². The molecule has 0 spiro atoms. The summed E-state index contributed by atoms with van der Waals surface area (Å²) in [6, 6.07) is 11.4. The lowest BCUT2D eigenvalue weighted by atomic mass is 9.98. The van der Waals surface area contributed by atoms with Crippen LogP contribution in [0.4, 0.5) is 0 Å². The third kappa shape index (κ3) is 4.05. The van der Waals surface area contributed by atoms with Crippen molar-refractivity contribution in [3.63, 3.8) is 0 Å². The van der Waals surface area contributed by atoms with Crippen LogP contribution in [0, 0.1) is 5.92 Å². The molecule has 3 heteroatoms. The highest BCUT2D eigenvalue weighted by Crippen LogP contribution is 2.17. The molecule has 2 aliphatic heterocycles. The molecular weight excluding hydrogens is 248 g/mol. The molecule has 0 aromatic heterocycles. The van der Waals surface area contributed by atoms with Crippen molar-refractivity contribution in [3.05, 3.63) is 35.9 Å². The number of nitrogens with zero attached hydrogens (tertiary/aromatic N) is 1. The van der Waals surface area contributed by atoms with Gasteiger partial charge in [0, 0.05) is 45.4 Å². The van der Waals surface area contributed by atoms with Crippen LogP contribution >= 0.6 is 0 Å². The first kappa shape index (κ1) is 14.1. The number of benzene rings is 1. The van der Waals surface area contributed by atoms with Crippen molar-refractivity contribution in [2.75, 3.05) is 39.4 Å². The molecule has 3 rings (SSSR count). The zero-order valence-electron chi connectivity index (χ0n) is 12.3. The van der Waals surface area contributed by atoms with Gasteiger partial charge in [0.15, 0.2) is 0 Å². The van der Waals surface area contributed by atoms with E-state index in [0.717, 1.165) is 32.1 Å². The van der Waals surface area contributed by atoms with Crippen LogP contribution in [0.5, 0.6) is 0 Å². The van der Waals surface area contributed by atoms with Crippen molar-refractivity contribution in [3.8, 4) is 0 Å². The minimum atomic E-state index is 0.603. The normalized spacial score (nSPS) is 25.7. The summed E-state index contributed by atoms with van der Waals surface area (Å²) in [5.41, 5.74) is 1.44. The number of hydrogen-bond acceptors (Lipinski definition) is 3. The maximum absolute atomic E-state index is 5.46. The Balaban J connectivity index is 1.48. The second-order valence-electron chi connectivity index (χ2n) is 6.16. The van der Waals surface area contributed by atoms with Gasteiger partial charge < -0.3 is 15.0 Å². The molecule has 1 atom stereocenters. The molecule has 110 valence electrons. The lowest BCUT2D eigenvalue weighted by Crippen LogP contribution is -2.52. The van der Waals surface area contributed by atoms with Gasteiger partial charge in [0.2, 0.25) is 0 Å². The van der Waals surface area contributed by atoms with Gasteiger partial charge in [0.05, 0.1) is 0 Å². The highest BCUT2D eigenvalue weighted by Gasteiger charge is 2.23. The van der Waals surface area contributed by atoms with E-state index >= 15 is 0 Å². The maximum Gasteiger partial charge on any atom is 0.0469 e. The Labute approximate surface area is 122 Å². The molecule has 1 aromatic rings. The molecule has 0 bridgehead atoms. The van der Waals surface area contributed by atoms with Crippen LogP contribution in [0.3, 0.4) is 0 Å². The van der Waals surface area contributed by atoms with Gasteiger partial charge in [-0.3, -0.25) is 0 Å². The van der Waals surface area contributed by atoms with Gasteiger partial charge in [-0.15, -0.1) is 0 Å². The van der Waals surface area contributed by atoms with E-state index in [9.17, 15) is 0 Å². The predicted octanol–water partition coefficient (Wildman–Crippen LogP) is 1.93. The highest BCUT2D eigenvalue weighted by atomic mass is 16.5. The van der Waals surface area contributed by atoms with Crippen LogP contribution < -0.4 is 5.32 Å². The van der Waals surface area contributed by atoms with Crippen LogP contribution in [0.1, 0.15) is 18.4 Å². The summed E-state index contributed by atoms with van der Waals surface area (Å²) in [5, 5.41) is 3.67. The molecule has 2 aliphatic rings. The third-order valence-corrected chi connectivity index (χ3v) is 4.52. The second kappa shape index (κ2) is 7.21. The lowest BCUT2D eigenvalue weighted by Gasteiger charge is -2.36. The molecule has 2 saturated heterocycles. The van der Waals surface area contributed by atoms with Crippen molar-refractivity contribution in [1.82, 2.24) is 10.2 Å². The first-order valence-electron chi connectivity index (χ1n) is 7.97. The van der Waals surface area contributed by atoms with E-state index < -0.39 is 0 Å². The summed E-state index contributed by atoms with van der Waals surface area (Å²) in [6.07, 6.45) is 3.63. The summed E-state index contributed by atoms with van der Waals surface area (Å²) >= 11 is 0. The fourth-order valence-corrected chi connectivity index (χ4v) is 3.39. The van der Waals surface area contributed by atoms with E-state index in [1.807, 2.05) is 0 Å².